The zero-order chi connectivity index (χ0) is 22.8. The van der Waals surface area contributed by atoms with Crippen LogP contribution in [-0.4, -0.2) is 34.0 Å². The number of hydrogen-bond donors (Lipinski definition) is 3. The number of hydrogen-bond acceptors (Lipinski definition) is 6. The van der Waals surface area contributed by atoms with Crippen molar-refractivity contribution in [3.05, 3.63) is 77.9 Å². The molecular weight excluding hydrogens is 421 g/mol. The molecule has 7 nitrogen and oxygen atoms in total. The molecule has 0 spiro atoms. The quantitative estimate of drug-likeness (QED) is 0.325. The van der Waals surface area contributed by atoms with Crippen molar-refractivity contribution < 1.29 is 17.9 Å². The minimum absolute atomic E-state index is 0.0654. The van der Waals surface area contributed by atoms with Crippen LogP contribution in [0, 0.1) is 28.3 Å². The highest BCUT2D eigenvalue weighted by molar-refractivity contribution is 5.91. The molecule has 0 saturated carbocycles. The molecule has 0 radical (unpaired) electrons. The van der Waals surface area contributed by atoms with E-state index in [0.29, 0.717) is 22.5 Å². The summed E-state index contributed by atoms with van der Waals surface area (Å²) >= 11 is 0. The number of nitrogens with zero attached hydrogens (tertiary/aromatic N) is 3. The average molecular weight is 438 g/mol. The van der Waals surface area contributed by atoms with E-state index in [0.717, 1.165) is 22.8 Å². The molecule has 4 aromatic rings. The van der Waals surface area contributed by atoms with E-state index in [-0.39, 0.29) is 23.5 Å². The summed E-state index contributed by atoms with van der Waals surface area (Å²) in [6.07, 6.45) is 4.44. The third kappa shape index (κ3) is 4.02. The first-order valence-electron chi connectivity index (χ1n) is 9.40. The van der Waals surface area contributed by atoms with E-state index in [1.807, 2.05) is 0 Å². The van der Waals surface area contributed by atoms with Crippen LogP contribution in [0.3, 0.4) is 0 Å². The molecule has 0 fully saturated rings. The number of nitrogens with one attached hydrogen (secondary N) is 3. The minimum Gasteiger partial charge on any atom is -0.495 e. The Hall–Kier alpha value is -4.21. The molecule has 0 bridgehead atoms. The van der Waals surface area contributed by atoms with Crippen LogP contribution in [-0.2, 0) is 0 Å². The third-order valence-electron chi connectivity index (χ3n) is 4.80. The van der Waals surface area contributed by atoms with Crippen molar-refractivity contribution in [3.63, 3.8) is 0 Å². The van der Waals surface area contributed by atoms with Gasteiger partial charge in [0.2, 0.25) is 0 Å². The third-order valence-corrected chi connectivity index (χ3v) is 4.80. The summed E-state index contributed by atoms with van der Waals surface area (Å²) in [4.78, 5) is 8.55. The summed E-state index contributed by atoms with van der Waals surface area (Å²) in [5.41, 5.74) is 1.61. The van der Waals surface area contributed by atoms with Crippen LogP contribution in [0.25, 0.3) is 22.2 Å². The molecule has 0 unspecified atom stereocenters. The Bertz CT molecular complexity index is 1400. The molecule has 4 rings (SSSR count). The summed E-state index contributed by atoms with van der Waals surface area (Å²) in [6.45, 7) is -0.0654. The second-order valence-electron chi connectivity index (χ2n) is 6.83. The Morgan fingerprint density at radius 2 is 1.81 bits per heavy atom. The average Bonchev–Trinajstić information content (AvgIpc) is 2.80. The van der Waals surface area contributed by atoms with Crippen molar-refractivity contribution in [2.75, 3.05) is 19.0 Å². The molecule has 0 aliphatic rings. The minimum atomic E-state index is -1.07. The maximum absolute atomic E-state index is 14.4. The molecule has 0 atom stereocenters. The highest BCUT2D eigenvalue weighted by Crippen LogP contribution is 2.23. The second kappa shape index (κ2) is 8.50. The maximum Gasteiger partial charge on any atom is 0.167 e. The molecule has 3 aromatic heterocycles. The predicted octanol–water partition coefficient (Wildman–Crippen LogP) is 3.94. The topological polar surface area (TPSA) is 99.7 Å². The van der Waals surface area contributed by atoms with E-state index >= 15 is 0 Å². The van der Waals surface area contributed by atoms with Crippen LogP contribution >= 0.6 is 0 Å². The lowest BCUT2D eigenvalue weighted by Crippen LogP contribution is -2.33. The lowest BCUT2D eigenvalue weighted by atomic mass is 10.1. The van der Waals surface area contributed by atoms with Gasteiger partial charge < -0.3 is 10.1 Å². The maximum atomic E-state index is 14.4. The standard InChI is InChI=1S/C22H17F3N6O/c1-32-14-8-19-21(30-9-14)18(4-5-28-19)29-10-20(26)31-11-13(7-17(25)22(31)27)12-2-3-15(23)16(24)6-12/h2-9,11,26-27H,10H2,1H3,(H,28,29). The molecule has 0 amide bonds. The first-order chi connectivity index (χ1) is 15.4. The summed E-state index contributed by atoms with van der Waals surface area (Å²) in [7, 11) is 1.52. The molecular formula is C22H17F3N6O. The fraction of sp³-hybridized carbons (Fsp3) is 0.0909. The molecule has 0 aliphatic heterocycles. The van der Waals surface area contributed by atoms with Crippen molar-refractivity contribution in [1.29, 1.82) is 10.8 Å². The van der Waals surface area contributed by atoms with Gasteiger partial charge in [-0.05, 0) is 29.8 Å². The molecule has 3 heterocycles. The van der Waals surface area contributed by atoms with E-state index in [1.54, 1.807) is 18.3 Å². The number of rotatable bonds is 5. The zero-order valence-electron chi connectivity index (χ0n) is 16.8. The SMILES string of the molecule is COc1cnc2c(NCC(=N)n3cc(-c4ccc(F)c(F)c4)cc(F)c3=N)ccnc2c1. The van der Waals surface area contributed by atoms with Gasteiger partial charge in [0, 0.05) is 24.0 Å². The van der Waals surface area contributed by atoms with Crippen molar-refractivity contribution in [1.82, 2.24) is 14.5 Å². The van der Waals surface area contributed by atoms with Gasteiger partial charge in [0.25, 0.3) is 0 Å². The van der Waals surface area contributed by atoms with E-state index in [2.05, 4.69) is 15.3 Å². The number of halogens is 3. The number of fused-ring (bicyclic) bond motifs is 1. The summed E-state index contributed by atoms with van der Waals surface area (Å²) in [5.74, 6) is -2.59. The monoisotopic (exact) mass is 438 g/mol. The van der Waals surface area contributed by atoms with Gasteiger partial charge in [0.15, 0.2) is 22.9 Å². The molecule has 32 heavy (non-hydrogen) atoms. The van der Waals surface area contributed by atoms with Gasteiger partial charge in [-0.25, -0.2) is 18.2 Å². The van der Waals surface area contributed by atoms with Crippen LogP contribution in [0.1, 0.15) is 0 Å². The lowest BCUT2D eigenvalue weighted by molar-refractivity contribution is 0.413. The van der Waals surface area contributed by atoms with Gasteiger partial charge in [-0.3, -0.25) is 20.4 Å². The molecule has 3 N–H and O–H groups in total. The highest BCUT2D eigenvalue weighted by atomic mass is 19.2. The number of methoxy groups -OCH3 is 1. The van der Waals surface area contributed by atoms with Crippen molar-refractivity contribution in [3.8, 4) is 16.9 Å². The molecule has 162 valence electrons. The number of ether oxygens (including phenoxy) is 1. The van der Waals surface area contributed by atoms with Crippen molar-refractivity contribution in [2.45, 2.75) is 0 Å². The van der Waals surface area contributed by atoms with Gasteiger partial charge in [-0.2, -0.15) is 0 Å². The Kier molecular flexibility index (Phi) is 5.59. The molecule has 0 aliphatic carbocycles. The van der Waals surface area contributed by atoms with Gasteiger partial charge >= 0.3 is 0 Å². The van der Waals surface area contributed by atoms with Gasteiger partial charge in [-0.1, -0.05) is 6.07 Å². The zero-order valence-corrected chi connectivity index (χ0v) is 16.8. The number of aromatic nitrogens is 3. The van der Waals surface area contributed by atoms with Gasteiger partial charge in [-0.15, -0.1) is 0 Å². The number of anilines is 1. The summed E-state index contributed by atoms with van der Waals surface area (Å²) in [5, 5.41) is 19.4. The first-order valence-corrected chi connectivity index (χ1v) is 9.40. The van der Waals surface area contributed by atoms with Crippen LogP contribution < -0.4 is 15.5 Å². The smallest absolute Gasteiger partial charge is 0.167 e. The lowest BCUT2D eigenvalue weighted by Gasteiger charge is -2.14. The Morgan fingerprint density at radius 1 is 1.03 bits per heavy atom. The van der Waals surface area contributed by atoms with Gasteiger partial charge in [0.05, 0.1) is 31.1 Å². The Balaban J connectivity index is 1.62. The van der Waals surface area contributed by atoms with E-state index in [1.165, 1.54) is 25.6 Å². The van der Waals surface area contributed by atoms with Crippen LogP contribution in [0.2, 0.25) is 0 Å². The van der Waals surface area contributed by atoms with Crippen LogP contribution in [0.15, 0.2) is 55.0 Å². The van der Waals surface area contributed by atoms with E-state index in [9.17, 15) is 13.2 Å². The fourth-order valence-electron chi connectivity index (χ4n) is 3.14. The Labute approximate surface area is 180 Å². The van der Waals surface area contributed by atoms with E-state index < -0.39 is 22.9 Å². The number of benzene rings is 1. The van der Waals surface area contributed by atoms with E-state index in [4.69, 9.17) is 15.6 Å². The molecule has 10 heteroatoms. The normalized spacial score (nSPS) is 10.9. The first kappa shape index (κ1) is 21.0. The second-order valence-corrected chi connectivity index (χ2v) is 6.83. The molecule has 0 saturated heterocycles. The van der Waals surface area contributed by atoms with Gasteiger partial charge in [0.1, 0.15) is 17.1 Å². The van der Waals surface area contributed by atoms with Crippen molar-refractivity contribution in [2.24, 2.45) is 0 Å². The van der Waals surface area contributed by atoms with Crippen LogP contribution in [0.4, 0.5) is 18.9 Å². The molecule has 1 aromatic carbocycles. The predicted molar refractivity (Wildman–Crippen MR) is 113 cm³/mol. The van der Waals surface area contributed by atoms with Crippen molar-refractivity contribution >= 4 is 22.6 Å². The largest absolute Gasteiger partial charge is 0.495 e. The number of pyridine rings is 3. The highest BCUT2D eigenvalue weighted by Gasteiger charge is 2.12. The summed E-state index contributed by atoms with van der Waals surface area (Å²) in [6, 6.07) is 7.61. The van der Waals surface area contributed by atoms with Crippen LogP contribution in [0.5, 0.6) is 5.75 Å². The summed E-state index contributed by atoms with van der Waals surface area (Å²) < 4.78 is 47.4. The fourth-order valence-corrected chi connectivity index (χ4v) is 3.14. The Morgan fingerprint density at radius 3 is 2.56 bits per heavy atom.